The number of hydrogen-bond acceptors (Lipinski definition) is 3. The van der Waals surface area contributed by atoms with Crippen LogP contribution < -0.4 is 14.8 Å². The normalized spacial score (nSPS) is 10.6. The molecule has 2 aromatic rings. The highest BCUT2D eigenvalue weighted by molar-refractivity contribution is 6.42. The van der Waals surface area contributed by atoms with E-state index in [4.69, 9.17) is 44.3 Å². The third-order valence-electron chi connectivity index (χ3n) is 3.40. The Balaban J connectivity index is 2.16. The van der Waals surface area contributed by atoms with Gasteiger partial charge in [0.25, 0.3) is 0 Å². The molecule has 1 N–H and O–H groups in total. The van der Waals surface area contributed by atoms with E-state index in [0.29, 0.717) is 52.9 Å². The Hall–Kier alpha value is -1.39. The Bertz CT molecular complexity index is 735. The van der Waals surface area contributed by atoms with E-state index < -0.39 is 0 Å². The molecule has 0 aliphatic rings. The van der Waals surface area contributed by atoms with Crippen molar-refractivity contribution < 1.29 is 9.47 Å². The second-order valence-electron chi connectivity index (χ2n) is 5.28. The van der Waals surface area contributed by atoms with Crippen LogP contribution in [0.4, 0.5) is 0 Å². The smallest absolute Gasteiger partial charge is 0.163 e. The largest absolute Gasteiger partial charge is 0.490 e. The molecule has 134 valence electrons. The van der Waals surface area contributed by atoms with Crippen molar-refractivity contribution in [1.82, 2.24) is 5.32 Å². The summed E-state index contributed by atoms with van der Waals surface area (Å²) in [6.07, 6.45) is 1.80. The molecule has 6 heteroatoms. The quantitative estimate of drug-likeness (QED) is 0.420. The standard InChI is InChI=1S/C19H20Cl3NO2/c1-3-7-23-11-14-9-18(24-4-2)19(10-16(14)21)25-12-13-5-6-15(20)17(22)8-13/h3,5-6,8-10,23H,1,4,7,11-12H2,2H3. The van der Waals surface area contributed by atoms with Crippen molar-refractivity contribution in [2.24, 2.45) is 0 Å². The second-order valence-corrected chi connectivity index (χ2v) is 6.50. The van der Waals surface area contributed by atoms with Gasteiger partial charge in [-0.2, -0.15) is 0 Å². The summed E-state index contributed by atoms with van der Waals surface area (Å²) in [5.41, 5.74) is 1.85. The molecule has 0 fully saturated rings. The van der Waals surface area contributed by atoms with E-state index in [-0.39, 0.29) is 0 Å². The molecule has 0 atom stereocenters. The zero-order valence-electron chi connectivity index (χ0n) is 14.0. The Morgan fingerprint density at radius 1 is 1.00 bits per heavy atom. The van der Waals surface area contributed by atoms with Gasteiger partial charge in [0.15, 0.2) is 11.5 Å². The average Bonchev–Trinajstić information content (AvgIpc) is 2.59. The lowest BCUT2D eigenvalue weighted by molar-refractivity contribution is 0.269. The topological polar surface area (TPSA) is 30.5 Å². The van der Waals surface area contributed by atoms with Gasteiger partial charge in [-0.3, -0.25) is 0 Å². The summed E-state index contributed by atoms with van der Waals surface area (Å²) >= 11 is 18.3. The van der Waals surface area contributed by atoms with E-state index in [2.05, 4.69) is 11.9 Å². The van der Waals surface area contributed by atoms with Gasteiger partial charge in [0.05, 0.1) is 16.7 Å². The maximum Gasteiger partial charge on any atom is 0.163 e. The van der Waals surface area contributed by atoms with Crippen LogP contribution in [0.25, 0.3) is 0 Å². The fourth-order valence-corrected chi connectivity index (χ4v) is 2.73. The van der Waals surface area contributed by atoms with Crippen LogP contribution in [0.3, 0.4) is 0 Å². The lowest BCUT2D eigenvalue weighted by Crippen LogP contribution is -2.13. The van der Waals surface area contributed by atoms with Gasteiger partial charge in [0.1, 0.15) is 6.61 Å². The number of halogens is 3. The van der Waals surface area contributed by atoms with E-state index in [0.717, 1.165) is 11.1 Å². The van der Waals surface area contributed by atoms with E-state index >= 15 is 0 Å². The van der Waals surface area contributed by atoms with Gasteiger partial charge in [0.2, 0.25) is 0 Å². The molecule has 0 saturated heterocycles. The zero-order chi connectivity index (χ0) is 18.2. The van der Waals surface area contributed by atoms with E-state index in [1.165, 1.54) is 0 Å². The molecule has 2 rings (SSSR count). The summed E-state index contributed by atoms with van der Waals surface area (Å²) in [6.45, 7) is 7.80. The van der Waals surface area contributed by atoms with Gasteiger partial charge in [-0.15, -0.1) is 6.58 Å². The van der Waals surface area contributed by atoms with Crippen LogP contribution in [-0.2, 0) is 13.2 Å². The summed E-state index contributed by atoms with van der Waals surface area (Å²) < 4.78 is 11.6. The molecular weight excluding hydrogens is 381 g/mol. The predicted molar refractivity (Wildman–Crippen MR) is 105 cm³/mol. The van der Waals surface area contributed by atoms with Crippen molar-refractivity contribution in [3.8, 4) is 11.5 Å². The molecule has 0 aliphatic heterocycles. The van der Waals surface area contributed by atoms with Crippen LogP contribution in [0.2, 0.25) is 15.1 Å². The van der Waals surface area contributed by atoms with Crippen LogP contribution in [0, 0.1) is 0 Å². The minimum absolute atomic E-state index is 0.335. The first kappa shape index (κ1) is 19.9. The molecule has 0 unspecified atom stereocenters. The van der Waals surface area contributed by atoms with Crippen molar-refractivity contribution >= 4 is 34.8 Å². The van der Waals surface area contributed by atoms with Crippen LogP contribution in [0.1, 0.15) is 18.1 Å². The number of nitrogens with one attached hydrogen (secondary N) is 1. The van der Waals surface area contributed by atoms with Crippen LogP contribution in [-0.4, -0.2) is 13.2 Å². The molecule has 0 radical (unpaired) electrons. The summed E-state index contributed by atoms with van der Waals surface area (Å²) in [5.74, 6) is 1.24. The van der Waals surface area contributed by atoms with Gasteiger partial charge >= 0.3 is 0 Å². The molecule has 0 aromatic heterocycles. The summed E-state index contributed by atoms with van der Waals surface area (Å²) in [5, 5.41) is 4.85. The Morgan fingerprint density at radius 2 is 1.76 bits per heavy atom. The number of rotatable bonds is 9. The SMILES string of the molecule is C=CCNCc1cc(OCC)c(OCc2ccc(Cl)c(Cl)c2)cc1Cl. The molecule has 0 aliphatic carbocycles. The predicted octanol–water partition coefficient (Wildman–Crippen LogP) is 5.90. The fourth-order valence-electron chi connectivity index (χ4n) is 2.19. The molecule has 3 nitrogen and oxygen atoms in total. The highest BCUT2D eigenvalue weighted by Crippen LogP contribution is 2.34. The van der Waals surface area contributed by atoms with E-state index in [1.807, 2.05) is 19.1 Å². The molecule has 0 amide bonds. The molecule has 25 heavy (non-hydrogen) atoms. The van der Waals surface area contributed by atoms with E-state index in [9.17, 15) is 0 Å². The minimum Gasteiger partial charge on any atom is -0.490 e. The monoisotopic (exact) mass is 399 g/mol. The summed E-state index contributed by atoms with van der Waals surface area (Å²) in [4.78, 5) is 0. The molecule has 0 bridgehead atoms. The van der Waals surface area contributed by atoms with Gasteiger partial charge in [-0.05, 0) is 36.2 Å². The lowest BCUT2D eigenvalue weighted by atomic mass is 10.2. The number of benzene rings is 2. The molecule has 0 saturated carbocycles. The Morgan fingerprint density at radius 3 is 2.44 bits per heavy atom. The third-order valence-corrected chi connectivity index (χ3v) is 4.49. The zero-order valence-corrected chi connectivity index (χ0v) is 16.2. The number of ether oxygens (including phenoxy) is 2. The maximum atomic E-state index is 6.37. The van der Waals surface area contributed by atoms with Crippen molar-refractivity contribution in [2.45, 2.75) is 20.1 Å². The second kappa shape index (κ2) is 9.93. The molecule has 0 spiro atoms. The summed E-state index contributed by atoms with van der Waals surface area (Å²) in [6, 6.07) is 9.05. The van der Waals surface area contributed by atoms with Crippen LogP contribution in [0.15, 0.2) is 43.0 Å². The Kier molecular flexibility index (Phi) is 7.91. The average molecular weight is 401 g/mol. The Labute approximate surface area is 163 Å². The maximum absolute atomic E-state index is 6.37. The fraction of sp³-hybridized carbons (Fsp3) is 0.263. The number of hydrogen-bond donors (Lipinski definition) is 1. The van der Waals surface area contributed by atoms with Gasteiger partial charge in [0, 0.05) is 24.2 Å². The molecule has 2 aromatic carbocycles. The van der Waals surface area contributed by atoms with Gasteiger partial charge in [-0.25, -0.2) is 0 Å². The minimum atomic E-state index is 0.335. The van der Waals surface area contributed by atoms with Crippen molar-refractivity contribution in [3.63, 3.8) is 0 Å². The molecular formula is C19H20Cl3NO2. The first-order chi connectivity index (χ1) is 12.0. The van der Waals surface area contributed by atoms with E-state index in [1.54, 1.807) is 24.3 Å². The van der Waals surface area contributed by atoms with Gasteiger partial charge < -0.3 is 14.8 Å². The van der Waals surface area contributed by atoms with Crippen LogP contribution >= 0.6 is 34.8 Å². The lowest BCUT2D eigenvalue weighted by Gasteiger charge is -2.15. The van der Waals surface area contributed by atoms with Crippen LogP contribution in [0.5, 0.6) is 11.5 Å². The third kappa shape index (κ3) is 5.82. The summed E-state index contributed by atoms with van der Waals surface area (Å²) in [7, 11) is 0. The molecule has 0 heterocycles. The van der Waals surface area contributed by atoms with Gasteiger partial charge in [-0.1, -0.05) is 46.9 Å². The van der Waals surface area contributed by atoms with Crippen molar-refractivity contribution in [1.29, 1.82) is 0 Å². The first-order valence-corrected chi connectivity index (χ1v) is 9.02. The highest BCUT2D eigenvalue weighted by Gasteiger charge is 2.12. The highest BCUT2D eigenvalue weighted by atomic mass is 35.5. The van der Waals surface area contributed by atoms with Crippen molar-refractivity contribution in [2.75, 3.05) is 13.2 Å². The first-order valence-electron chi connectivity index (χ1n) is 7.88. The van der Waals surface area contributed by atoms with Crippen molar-refractivity contribution in [3.05, 3.63) is 69.2 Å².